The minimum atomic E-state index is -4.76. The van der Waals surface area contributed by atoms with Gasteiger partial charge in [-0.25, -0.2) is 13.2 Å². The molecule has 2 heterocycles. The fourth-order valence-corrected chi connectivity index (χ4v) is 4.76. The van der Waals surface area contributed by atoms with Crippen LogP contribution in [0.25, 0.3) is 17.2 Å². The van der Waals surface area contributed by atoms with Crippen LogP contribution in [0.15, 0.2) is 67.4 Å². The number of amides is 2. The van der Waals surface area contributed by atoms with Gasteiger partial charge in [0.2, 0.25) is 5.91 Å². The lowest BCUT2D eigenvalue weighted by molar-refractivity contribution is -0.144. The van der Waals surface area contributed by atoms with Gasteiger partial charge in [-0.05, 0) is 72.5 Å². The topological polar surface area (TPSA) is 90.0 Å². The van der Waals surface area contributed by atoms with Crippen LogP contribution in [0.3, 0.4) is 0 Å². The van der Waals surface area contributed by atoms with E-state index in [1.807, 2.05) is 0 Å². The van der Waals surface area contributed by atoms with Gasteiger partial charge in [0.25, 0.3) is 5.91 Å². The summed E-state index contributed by atoms with van der Waals surface area (Å²) in [6.07, 6.45) is -2.42. The fourth-order valence-electron chi connectivity index (χ4n) is 4.76. The van der Waals surface area contributed by atoms with Gasteiger partial charge in [-0.2, -0.15) is 13.2 Å². The van der Waals surface area contributed by atoms with Crippen LogP contribution in [0.1, 0.15) is 44.6 Å². The maximum Gasteiger partial charge on any atom is 0.431 e. The van der Waals surface area contributed by atoms with Crippen molar-refractivity contribution in [2.45, 2.75) is 32.1 Å². The van der Waals surface area contributed by atoms with Crippen molar-refractivity contribution in [3.8, 4) is 11.1 Å². The number of aromatic nitrogens is 2. The molecule has 4 aromatic rings. The van der Waals surface area contributed by atoms with Crippen molar-refractivity contribution in [2.24, 2.45) is 5.73 Å². The minimum Gasteiger partial charge on any atom is -0.366 e. The lowest BCUT2D eigenvalue weighted by Crippen LogP contribution is -2.34. The molecule has 1 atom stereocenters. The van der Waals surface area contributed by atoms with Crippen LogP contribution in [0, 0.1) is 24.4 Å². The summed E-state index contributed by atoms with van der Waals surface area (Å²) < 4.78 is 84.3. The van der Waals surface area contributed by atoms with Gasteiger partial charge in [-0.15, -0.1) is 0 Å². The van der Waals surface area contributed by atoms with Crippen molar-refractivity contribution in [1.29, 1.82) is 0 Å². The van der Waals surface area contributed by atoms with E-state index in [0.29, 0.717) is 11.6 Å². The summed E-state index contributed by atoms with van der Waals surface area (Å²) in [5.41, 5.74) is 5.01. The molecule has 3 N–H and O–H groups in total. The zero-order valence-electron chi connectivity index (χ0n) is 22.1. The molecule has 0 aliphatic carbocycles. The summed E-state index contributed by atoms with van der Waals surface area (Å²) in [5, 5.41) is 2.63. The molecular weight excluding hydrogens is 562 g/mol. The molecule has 2 aromatic heterocycles. The van der Waals surface area contributed by atoms with E-state index in [2.05, 4.69) is 16.9 Å². The van der Waals surface area contributed by atoms with Crippen LogP contribution in [-0.2, 0) is 23.9 Å². The van der Waals surface area contributed by atoms with Crippen molar-refractivity contribution in [1.82, 2.24) is 14.9 Å². The van der Waals surface area contributed by atoms with E-state index in [9.17, 15) is 35.9 Å². The van der Waals surface area contributed by atoms with E-state index in [4.69, 9.17) is 5.73 Å². The highest BCUT2D eigenvalue weighted by molar-refractivity contribution is 5.94. The first-order chi connectivity index (χ1) is 19.8. The molecule has 0 saturated carbocycles. The number of nitrogens with one attached hydrogen (secondary N) is 1. The summed E-state index contributed by atoms with van der Waals surface area (Å²) in [7, 11) is 0. The van der Waals surface area contributed by atoms with Crippen LogP contribution in [0.4, 0.5) is 26.3 Å². The third-order valence-corrected chi connectivity index (χ3v) is 6.53. The van der Waals surface area contributed by atoms with Gasteiger partial charge in [0.1, 0.15) is 29.7 Å². The minimum absolute atomic E-state index is 0.0880. The van der Waals surface area contributed by atoms with Crippen molar-refractivity contribution < 1.29 is 35.9 Å². The molecule has 12 heteroatoms. The summed E-state index contributed by atoms with van der Waals surface area (Å²) in [5.74, 6) is -4.52. The second-order valence-electron chi connectivity index (χ2n) is 9.48. The molecule has 2 amide bonds. The van der Waals surface area contributed by atoms with Crippen LogP contribution >= 0.6 is 0 Å². The van der Waals surface area contributed by atoms with Crippen LogP contribution < -0.4 is 11.1 Å². The third kappa shape index (κ3) is 6.54. The number of primary amides is 1. The second-order valence-corrected chi connectivity index (χ2v) is 9.48. The van der Waals surface area contributed by atoms with E-state index in [0.717, 1.165) is 28.8 Å². The number of alkyl halides is 3. The van der Waals surface area contributed by atoms with Crippen molar-refractivity contribution in [3.63, 3.8) is 0 Å². The molecule has 0 aliphatic rings. The Kier molecular flexibility index (Phi) is 8.55. The molecular formula is C30H24F6N4O2. The first-order valence-corrected chi connectivity index (χ1v) is 12.5. The highest BCUT2D eigenvalue weighted by Crippen LogP contribution is 2.34. The molecule has 0 fully saturated rings. The summed E-state index contributed by atoms with van der Waals surface area (Å²) >= 11 is 0. The molecule has 0 spiro atoms. The van der Waals surface area contributed by atoms with E-state index in [1.54, 1.807) is 6.07 Å². The molecule has 0 radical (unpaired) electrons. The van der Waals surface area contributed by atoms with Gasteiger partial charge >= 0.3 is 6.18 Å². The number of halogens is 6. The fraction of sp³-hybridized carbons (Fsp3) is 0.167. The number of nitrogens with two attached hydrogens (primary N) is 1. The predicted octanol–water partition coefficient (Wildman–Crippen LogP) is 6.14. The lowest BCUT2D eigenvalue weighted by atomic mass is 9.94. The molecule has 1 unspecified atom stereocenters. The SMILES string of the molecule is C=Cc1c(C)cc(C(F)(F)F)n1CC(=O)NC(Cc1cc(F)cc(F)c1)c1ncccc1-c1ccc(F)c(C(N)=O)c1. The van der Waals surface area contributed by atoms with E-state index in [-0.39, 0.29) is 34.5 Å². The monoisotopic (exact) mass is 586 g/mol. The van der Waals surface area contributed by atoms with Gasteiger partial charge in [0.15, 0.2) is 0 Å². The Bertz CT molecular complexity index is 1660. The Morgan fingerprint density at radius 2 is 1.76 bits per heavy atom. The number of pyridine rings is 1. The standard InChI is InChI=1S/C30H24F6N4O2/c1-3-25-16(2)9-26(30(34,35)36)40(25)15-27(41)39-24(12-17-10-19(31)14-20(32)11-17)28-21(5-4-8-38-28)18-6-7-23(33)22(13-18)29(37)42/h3-11,13-14,24H,1,12,15H2,2H3,(H2,37,42)(H,39,41). The molecule has 4 rings (SSSR count). The maximum atomic E-state index is 14.2. The van der Waals surface area contributed by atoms with Crippen LogP contribution in [0.5, 0.6) is 0 Å². The first kappa shape index (κ1) is 30.1. The van der Waals surface area contributed by atoms with Gasteiger partial charge < -0.3 is 15.6 Å². The summed E-state index contributed by atoms with van der Waals surface area (Å²) in [6, 6.07) is 9.16. The van der Waals surface area contributed by atoms with Gasteiger partial charge in [-0.3, -0.25) is 14.6 Å². The Balaban J connectivity index is 1.78. The Labute approximate surface area is 236 Å². The molecule has 6 nitrogen and oxygen atoms in total. The Morgan fingerprint density at radius 1 is 1.07 bits per heavy atom. The number of aryl methyl sites for hydroxylation is 1. The smallest absolute Gasteiger partial charge is 0.366 e. The van der Waals surface area contributed by atoms with Crippen molar-refractivity contribution in [2.75, 3.05) is 0 Å². The lowest BCUT2D eigenvalue weighted by Gasteiger charge is -2.23. The normalized spacial score (nSPS) is 12.2. The summed E-state index contributed by atoms with van der Waals surface area (Å²) in [4.78, 5) is 29.4. The average molecular weight is 587 g/mol. The Morgan fingerprint density at radius 3 is 2.38 bits per heavy atom. The highest BCUT2D eigenvalue weighted by Gasteiger charge is 2.36. The largest absolute Gasteiger partial charge is 0.431 e. The number of hydrogen-bond acceptors (Lipinski definition) is 3. The molecule has 0 bridgehead atoms. The highest BCUT2D eigenvalue weighted by atomic mass is 19.4. The van der Waals surface area contributed by atoms with Crippen molar-refractivity contribution in [3.05, 3.63) is 119 Å². The zero-order chi connectivity index (χ0) is 30.8. The molecule has 2 aromatic carbocycles. The number of carbonyl (C=O) groups is 2. The number of carbonyl (C=O) groups excluding carboxylic acids is 2. The Hall–Kier alpha value is -4.87. The first-order valence-electron chi connectivity index (χ1n) is 12.5. The molecule has 42 heavy (non-hydrogen) atoms. The number of benzene rings is 2. The summed E-state index contributed by atoms with van der Waals surface area (Å²) in [6.45, 7) is 4.23. The van der Waals surface area contributed by atoms with Crippen molar-refractivity contribution >= 4 is 17.9 Å². The number of rotatable bonds is 9. The van der Waals surface area contributed by atoms with Gasteiger partial charge in [0, 0.05) is 23.5 Å². The second kappa shape index (κ2) is 11.9. The molecule has 0 aliphatic heterocycles. The number of hydrogen-bond donors (Lipinski definition) is 2. The maximum absolute atomic E-state index is 14.2. The predicted molar refractivity (Wildman–Crippen MR) is 143 cm³/mol. The van der Waals surface area contributed by atoms with E-state index < -0.39 is 59.3 Å². The van der Waals surface area contributed by atoms with Gasteiger partial charge in [-0.1, -0.05) is 18.7 Å². The van der Waals surface area contributed by atoms with E-state index in [1.165, 1.54) is 37.4 Å². The van der Waals surface area contributed by atoms with Gasteiger partial charge in [0.05, 0.1) is 17.3 Å². The number of nitrogens with zero attached hydrogens (tertiary/aromatic N) is 2. The molecule has 0 saturated heterocycles. The third-order valence-electron chi connectivity index (χ3n) is 6.53. The quantitative estimate of drug-likeness (QED) is 0.231. The molecule has 218 valence electrons. The zero-order valence-corrected chi connectivity index (χ0v) is 22.1. The van der Waals surface area contributed by atoms with Crippen LogP contribution in [0.2, 0.25) is 0 Å². The average Bonchev–Trinajstić information content (AvgIpc) is 3.23. The van der Waals surface area contributed by atoms with E-state index >= 15 is 0 Å². The van der Waals surface area contributed by atoms with Crippen LogP contribution in [-0.4, -0.2) is 21.4 Å².